The summed E-state index contributed by atoms with van der Waals surface area (Å²) in [5.74, 6) is 0.0643. The highest BCUT2D eigenvalue weighted by molar-refractivity contribution is 5.86. The Balaban J connectivity index is 2.24. The smallest absolute Gasteiger partial charge is 0.333 e. The minimum Gasteiger partial charge on any atom is -0.462 e. The number of hydrogen-bond acceptors (Lipinski definition) is 4. The molecule has 4 nitrogen and oxygen atoms in total. The van der Waals surface area contributed by atoms with Crippen molar-refractivity contribution in [2.45, 2.75) is 38.6 Å². The first-order chi connectivity index (χ1) is 7.63. The molecule has 0 heterocycles. The van der Waals surface area contributed by atoms with E-state index < -0.39 is 0 Å². The molecule has 0 aromatic rings. The van der Waals surface area contributed by atoms with Gasteiger partial charge in [-0.25, -0.2) is 14.6 Å². The Morgan fingerprint density at radius 2 is 2.06 bits per heavy atom. The van der Waals surface area contributed by atoms with E-state index >= 15 is 0 Å². The lowest BCUT2D eigenvalue weighted by molar-refractivity contribution is -0.140. The van der Waals surface area contributed by atoms with Gasteiger partial charge in [-0.05, 0) is 38.5 Å². The van der Waals surface area contributed by atoms with E-state index in [0.29, 0.717) is 18.1 Å². The highest BCUT2D eigenvalue weighted by atomic mass is 16.5. The number of aliphatic imine (C=N–C) groups is 1. The van der Waals surface area contributed by atoms with Crippen LogP contribution in [0.3, 0.4) is 0 Å². The van der Waals surface area contributed by atoms with Crippen molar-refractivity contribution in [1.82, 2.24) is 0 Å². The first kappa shape index (κ1) is 12.7. The van der Waals surface area contributed by atoms with E-state index in [0.717, 1.165) is 25.7 Å². The highest BCUT2D eigenvalue weighted by Crippen LogP contribution is 2.26. The van der Waals surface area contributed by atoms with Gasteiger partial charge in [0.2, 0.25) is 6.08 Å². The normalized spacial score (nSPS) is 24.3. The van der Waals surface area contributed by atoms with E-state index in [1.165, 1.54) is 0 Å². The maximum Gasteiger partial charge on any atom is 0.333 e. The fourth-order valence-electron chi connectivity index (χ4n) is 1.83. The first-order valence-electron chi connectivity index (χ1n) is 5.53. The molecule has 0 atom stereocenters. The summed E-state index contributed by atoms with van der Waals surface area (Å²) in [4.78, 5) is 24.9. The van der Waals surface area contributed by atoms with Crippen LogP contribution in [0, 0.1) is 5.92 Å². The molecule has 0 N–H and O–H groups in total. The summed E-state index contributed by atoms with van der Waals surface area (Å²) >= 11 is 0. The molecule has 1 fully saturated rings. The SMILES string of the molecule is C=C(C)C(=O)OCC1CCC(N=C=O)CC1. The van der Waals surface area contributed by atoms with Crippen molar-refractivity contribution in [3.8, 4) is 0 Å². The van der Waals surface area contributed by atoms with Gasteiger partial charge < -0.3 is 4.74 Å². The number of rotatable bonds is 4. The van der Waals surface area contributed by atoms with Crippen LogP contribution >= 0.6 is 0 Å². The van der Waals surface area contributed by atoms with Crippen LogP contribution < -0.4 is 0 Å². The molecule has 0 saturated heterocycles. The maximum absolute atomic E-state index is 11.2. The molecule has 88 valence electrons. The Morgan fingerprint density at radius 3 is 2.56 bits per heavy atom. The van der Waals surface area contributed by atoms with Gasteiger partial charge in [-0.2, -0.15) is 0 Å². The van der Waals surface area contributed by atoms with Crippen molar-refractivity contribution in [3.63, 3.8) is 0 Å². The van der Waals surface area contributed by atoms with Crippen molar-refractivity contribution in [1.29, 1.82) is 0 Å². The first-order valence-corrected chi connectivity index (χ1v) is 5.53. The topological polar surface area (TPSA) is 55.7 Å². The standard InChI is InChI=1S/C12H17NO3/c1-9(2)12(15)16-7-10-3-5-11(6-4-10)13-8-14/h10-11H,1,3-7H2,2H3. The van der Waals surface area contributed by atoms with E-state index in [-0.39, 0.29) is 12.0 Å². The zero-order chi connectivity index (χ0) is 12.0. The molecule has 0 aromatic heterocycles. The fraction of sp³-hybridized carbons (Fsp3) is 0.667. The van der Waals surface area contributed by atoms with Crippen LogP contribution in [-0.4, -0.2) is 24.7 Å². The van der Waals surface area contributed by atoms with Crippen LogP contribution in [0.1, 0.15) is 32.6 Å². The molecule has 16 heavy (non-hydrogen) atoms. The van der Waals surface area contributed by atoms with E-state index in [9.17, 15) is 9.59 Å². The molecule has 1 aliphatic rings. The number of nitrogens with zero attached hydrogens (tertiary/aromatic N) is 1. The number of hydrogen-bond donors (Lipinski definition) is 0. The van der Waals surface area contributed by atoms with Crippen molar-refractivity contribution in [3.05, 3.63) is 12.2 Å². The highest BCUT2D eigenvalue weighted by Gasteiger charge is 2.21. The third-order valence-corrected chi connectivity index (χ3v) is 2.85. The zero-order valence-corrected chi connectivity index (χ0v) is 9.57. The Kier molecular flexibility index (Phi) is 4.93. The van der Waals surface area contributed by atoms with Gasteiger partial charge in [0.15, 0.2) is 0 Å². The van der Waals surface area contributed by atoms with E-state index in [4.69, 9.17) is 4.74 Å². The van der Waals surface area contributed by atoms with E-state index in [1.807, 2.05) is 0 Å². The van der Waals surface area contributed by atoms with Crippen molar-refractivity contribution >= 4 is 12.0 Å². The largest absolute Gasteiger partial charge is 0.462 e. The summed E-state index contributed by atoms with van der Waals surface area (Å²) < 4.78 is 5.09. The number of ether oxygens (including phenoxy) is 1. The molecule has 0 unspecified atom stereocenters. The van der Waals surface area contributed by atoms with E-state index in [2.05, 4.69) is 11.6 Å². The molecular weight excluding hydrogens is 206 g/mol. The van der Waals surface area contributed by atoms with Crippen LogP contribution in [0.2, 0.25) is 0 Å². The molecule has 0 aliphatic heterocycles. The summed E-state index contributed by atoms with van der Waals surface area (Å²) in [5, 5.41) is 0. The third kappa shape index (κ3) is 3.99. The van der Waals surface area contributed by atoms with Gasteiger partial charge in [0.1, 0.15) is 0 Å². The summed E-state index contributed by atoms with van der Waals surface area (Å²) in [6.07, 6.45) is 5.24. The van der Waals surface area contributed by atoms with Crippen molar-refractivity contribution in [2.75, 3.05) is 6.61 Å². The van der Waals surface area contributed by atoms with Gasteiger partial charge in [0.05, 0.1) is 12.6 Å². The molecule has 0 aromatic carbocycles. The van der Waals surface area contributed by atoms with Gasteiger partial charge in [-0.15, -0.1) is 0 Å². The second kappa shape index (κ2) is 6.23. The molecule has 1 saturated carbocycles. The molecule has 0 radical (unpaired) electrons. The maximum atomic E-state index is 11.2. The summed E-state index contributed by atoms with van der Waals surface area (Å²) in [6.45, 7) is 5.61. The Morgan fingerprint density at radius 1 is 1.44 bits per heavy atom. The van der Waals surface area contributed by atoms with Crippen molar-refractivity contribution in [2.24, 2.45) is 10.9 Å². The summed E-state index contributed by atoms with van der Waals surface area (Å²) in [7, 11) is 0. The Hall–Kier alpha value is -1.41. The Bertz CT molecular complexity index is 310. The van der Waals surface area contributed by atoms with Gasteiger partial charge in [0.25, 0.3) is 0 Å². The second-order valence-corrected chi connectivity index (χ2v) is 4.27. The van der Waals surface area contributed by atoms with Crippen LogP contribution in [0.4, 0.5) is 0 Å². The zero-order valence-electron chi connectivity index (χ0n) is 9.57. The molecule has 1 aliphatic carbocycles. The molecule has 0 bridgehead atoms. The fourth-order valence-corrected chi connectivity index (χ4v) is 1.83. The lowest BCUT2D eigenvalue weighted by Crippen LogP contribution is -2.22. The van der Waals surface area contributed by atoms with Crippen LogP contribution in [-0.2, 0) is 14.3 Å². The lowest BCUT2D eigenvalue weighted by atomic mass is 9.87. The predicted octanol–water partition coefficient (Wildman–Crippen LogP) is 2.00. The number of isocyanates is 1. The summed E-state index contributed by atoms with van der Waals surface area (Å²) in [5.41, 5.74) is 0.430. The average Bonchev–Trinajstić information content (AvgIpc) is 2.28. The minimum absolute atomic E-state index is 0.116. The number of carbonyl (C=O) groups excluding carboxylic acids is 2. The predicted molar refractivity (Wildman–Crippen MR) is 59.6 cm³/mol. The molecule has 1 rings (SSSR count). The monoisotopic (exact) mass is 223 g/mol. The summed E-state index contributed by atoms with van der Waals surface area (Å²) in [6, 6.07) is 0.116. The third-order valence-electron chi connectivity index (χ3n) is 2.85. The van der Waals surface area contributed by atoms with Gasteiger partial charge >= 0.3 is 5.97 Å². The second-order valence-electron chi connectivity index (χ2n) is 4.27. The minimum atomic E-state index is -0.326. The van der Waals surface area contributed by atoms with E-state index in [1.54, 1.807) is 13.0 Å². The quantitative estimate of drug-likeness (QED) is 0.317. The van der Waals surface area contributed by atoms with Crippen molar-refractivity contribution < 1.29 is 14.3 Å². The van der Waals surface area contributed by atoms with Crippen LogP contribution in [0.15, 0.2) is 17.1 Å². The molecule has 4 heteroatoms. The van der Waals surface area contributed by atoms with Gasteiger partial charge in [-0.1, -0.05) is 6.58 Å². The lowest BCUT2D eigenvalue weighted by Gasteiger charge is -2.24. The Labute approximate surface area is 95.4 Å². The van der Waals surface area contributed by atoms with Gasteiger partial charge in [0, 0.05) is 5.57 Å². The van der Waals surface area contributed by atoms with Gasteiger partial charge in [-0.3, -0.25) is 0 Å². The van der Waals surface area contributed by atoms with Crippen LogP contribution in [0.5, 0.6) is 0 Å². The number of carbonyl (C=O) groups is 1. The molecule has 0 amide bonds. The van der Waals surface area contributed by atoms with Crippen LogP contribution in [0.25, 0.3) is 0 Å². The molecular formula is C12H17NO3. The average molecular weight is 223 g/mol. The molecule has 0 spiro atoms. The number of esters is 1.